The van der Waals surface area contributed by atoms with Crippen LogP contribution in [-0.4, -0.2) is 11.8 Å². The molecule has 0 aromatic heterocycles. The van der Waals surface area contributed by atoms with E-state index < -0.39 is 5.97 Å². The second kappa shape index (κ2) is 7.74. The maximum atomic E-state index is 11.9. The molecule has 0 N–H and O–H groups in total. The van der Waals surface area contributed by atoms with Gasteiger partial charge >= 0.3 is 5.97 Å². The molecule has 0 bridgehead atoms. The van der Waals surface area contributed by atoms with Gasteiger partial charge in [0, 0.05) is 17.7 Å². The van der Waals surface area contributed by atoms with E-state index in [1.54, 1.807) is 37.3 Å². The van der Waals surface area contributed by atoms with E-state index in [1.165, 1.54) is 12.2 Å². The zero-order valence-corrected chi connectivity index (χ0v) is 12.2. The Morgan fingerprint density at radius 2 is 1.50 bits per heavy atom. The number of ketones is 1. The summed E-state index contributed by atoms with van der Waals surface area (Å²) >= 11 is 0. The molecule has 22 heavy (non-hydrogen) atoms. The van der Waals surface area contributed by atoms with Crippen molar-refractivity contribution in [3.8, 4) is 0 Å². The smallest absolute Gasteiger partial charge is 0.335 e. The zero-order chi connectivity index (χ0) is 15.8. The predicted octanol–water partition coefficient (Wildman–Crippen LogP) is 4.03. The fourth-order valence-corrected chi connectivity index (χ4v) is 1.82. The number of hydrogen-bond donors (Lipinski definition) is 0. The summed E-state index contributed by atoms with van der Waals surface area (Å²) < 4.78 is 5.08. The molecule has 3 nitrogen and oxygen atoms in total. The topological polar surface area (TPSA) is 43.4 Å². The lowest BCUT2D eigenvalue weighted by Crippen LogP contribution is -2.01. The number of benzene rings is 2. The zero-order valence-electron chi connectivity index (χ0n) is 12.2. The largest absolute Gasteiger partial charge is 0.428 e. The minimum Gasteiger partial charge on any atom is -0.428 e. The molecule has 110 valence electrons. The van der Waals surface area contributed by atoms with Crippen molar-refractivity contribution in [3.63, 3.8) is 0 Å². The third-order valence-corrected chi connectivity index (χ3v) is 2.87. The normalized spacial score (nSPS) is 11.4. The van der Waals surface area contributed by atoms with E-state index in [2.05, 4.69) is 0 Å². The number of rotatable bonds is 5. The van der Waals surface area contributed by atoms with E-state index >= 15 is 0 Å². The Labute approximate surface area is 129 Å². The maximum absolute atomic E-state index is 11.9. The lowest BCUT2D eigenvalue weighted by molar-refractivity contribution is -0.133. The van der Waals surface area contributed by atoms with Gasteiger partial charge in [-0.2, -0.15) is 0 Å². The van der Waals surface area contributed by atoms with Crippen LogP contribution in [0.2, 0.25) is 0 Å². The summed E-state index contributed by atoms with van der Waals surface area (Å²) in [6.45, 7) is 1.58. The number of hydrogen-bond acceptors (Lipinski definition) is 3. The molecule has 0 spiro atoms. The minimum atomic E-state index is -0.515. The van der Waals surface area contributed by atoms with Crippen molar-refractivity contribution >= 4 is 17.8 Å². The van der Waals surface area contributed by atoms with Gasteiger partial charge in [-0.3, -0.25) is 4.79 Å². The summed E-state index contributed by atoms with van der Waals surface area (Å²) in [7, 11) is 0. The van der Waals surface area contributed by atoms with Gasteiger partial charge in [0.1, 0.15) is 5.76 Å². The van der Waals surface area contributed by atoms with Gasteiger partial charge < -0.3 is 4.74 Å². The maximum Gasteiger partial charge on any atom is 0.335 e. The Kier molecular flexibility index (Phi) is 5.44. The molecule has 2 aromatic rings. The molecule has 0 aliphatic carbocycles. The van der Waals surface area contributed by atoms with E-state index in [-0.39, 0.29) is 11.5 Å². The van der Waals surface area contributed by atoms with Crippen LogP contribution >= 0.6 is 0 Å². The molecule has 0 aliphatic heterocycles. The Hall–Kier alpha value is -2.94. The summed E-state index contributed by atoms with van der Waals surface area (Å²) in [5, 5.41) is 0. The third-order valence-electron chi connectivity index (χ3n) is 2.87. The molecule has 3 heteroatoms. The van der Waals surface area contributed by atoms with Crippen molar-refractivity contribution in [3.05, 3.63) is 89.7 Å². The summed E-state index contributed by atoms with van der Waals surface area (Å²) in [6.07, 6.45) is 4.30. The number of ether oxygens (including phenoxy) is 1. The van der Waals surface area contributed by atoms with Crippen molar-refractivity contribution in [2.45, 2.75) is 6.92 Å². The number of esters is 1. The van der Waals surface area contributed by atoms with Crippen LogP contribution in [0.25, 0.3) is 6.08 Å². The van der Waals surface area contributed by atoms with Crippen molar-refractivity contribution in [1.29, 1.82) is 0 Å². The first-order valence-corrected chi connectivity index (χ1v) is 6.88. The average Bonchev–Trinajstić information content (AvgIpc) is 2.54. The van der Waals surface area contributed by atoms with Crippen molar-refractivity contribution in [2.24, 2.45) is 0 Å². The molecule has 0 unspecified atom stereocenters. The molecule has 0 atom stereocenters. The van der Waals surface area contributed by atoms with Gasteiger partial charge in [0.15, 0.2) is 5.78 Å². The van der Waals surface area contributed by atoms with Gasteiger partial charge in [-0.25, -0.2) is 4.79 Å². The van der Waals surface area contributed by atoms with Gasteiger partial charge in [-0.15, -0.1) is 0 Å². The monoisotopic (exact) mass is 292 g/mol. The van der Waals surface area contributed by atoms with Crippen LogP contribution in [0.3, 0.4) is 0 Å². The first-order chi connectivity index (χ1) is 10.6. The van der Waals surface area contributed by atoms with Gasteiger partial charge in [0.2, 0.25) is 0 Å². The van der Waals surface area contributed by atoms with E-state index in [0.717, 1.165) is 5.56 Å². The first-order valence-electron chi connectivity index (χ1n) is 6.88. The second-order valence-electron chi connectivity index (χ2n) is 4.65. The van der Waals surface area contributed by atoms with Crippen LogP contribution < -0.4 is 0 Å². The van der Waals surface area contributed by atoms with Gasteiger partial charge in [0.05, 0.1) is 0 Å². The summed E-state index contributed by atoms with van der Waals surface area (Å²) in [5.41, 5.74) is 1.46. The molecular weight excluding hydrogens is 276 g/mol. The number of carbonyl (C=O) groups is 2. The molecule has 0 saturated heterocycles. The first kappa shape index (κ1) is 15.4. The SMILES string of the molecule is C/C(=C\C(=O)c1ccccc1)OC(=O)C=Cc1ccccc1. The summed E-state index contributed by atoms with van der Waals surface area (Å²) in [4.78, 5) is 23.6. The van der Waals surface area contributed by atoms with E-state index in [9.17, 15) is 9.59 Å². The third kappa shape index (κ3) is 4.87. The highest BCUT2D eigenvalue weighted by Crippen LogP contribution is 2.06. The van der Waals surface area contributed by atoms with Crippen LogP contribution in [0.5, 0.6) is 0 Å². The summed E-state index contributed by atoms with van der Waals surface area (Å²) in [5.74, 6) is -0.451. The molecular formula is C19H16O3. The predicted molar refractivity (Wildman–Crippen MR) is 86.1 cm³/mol. The molecule has 2 aromatic carbocycles. The highest BCUT2D eigenvalue weighted by atomic mass is 16.5. The Bertz CT molecular complexity index is 698. The Balaban J connectivity index is 1.95. The van der Waals surface area contributed by atoms with E-state index in [4.69, 9.17) is 4.74 Å². The minimum absolute atomic E-state index is 0.196. The molecule has 2 rings (SSSR count). The van der Waals surface area contributed by atoms with Crippen molar-refractivity contribution in [1.82, 2.24) is 0 Å². The van der Waals surface area contributed by atoms with Crippen molar-refractivity contribution in [2.75, 3.05) is 0 Å². The highest BCUT2D eigenvalue weighted by molar-refractivity contribution is 6.04. The van der Waals surface area contributed by atoms with E-state index in [1.807, 2.05) is 36.4 Å². The Morgan fingerprint density at radius 1 is 0.909 bits per heavy atom. The van der Waals surface area contributed by atoms with Crippen molar-refractivity contribution < 1.29 is 14.3 Å². The fourth-order valence-electron chi connectivity index (χ4n) is 1.82. The molecule has 0 heterocycles. The molecule has 0 saturated carbocycles. The van der Waals surface area contributed by atoms with E-state index in [0.29, 0.717) is 5.56 Å². The van der Waals surface area contributed by atoms with Crippen LogP contribution in [0.1, 0.15) is 22.8 Å². The Morgan fingerprint density at radius 3 is 2.14 bits per heavy atom. The van der Waals surface area contributed by atoms with Gasteiger partial charge in [-0.1, -0.05) is 60.7 Å². The van der Waals surface area contributed by atoms with Crippen LogP contribution in [0, 0.1) is 0 Å². The fraction of sp³-hybridized carbons (Fsp3) is 0.0526. The quantitative estimate of drug-likeness (QED) is 0.362. The molecule has 0 amide bonds. The van der Waals surface area contributed by atoms with Gasteiger partial charge in [-0.05, 0) is 18.6 Å². The lowest BCUT2D eigenvalue weighted by atomic mass is 10.1. The number of carbonyl (C=O) groups excluding carboxylic acids is 2. The lowest BCUT2D eigenvalue weighted by Gasteiger charge is -2.01. The summed E-state index contributed by atoms with van der Waals surface area (Å²) in [6, 6.07) is 18.3. The van der Waals surface area contributed by atoms with Crippen LogP contribution in [-0.2, 0) is 9.53 Å². The number of allylic oxidation sites excluding steroid dienone is 2. The van der Waals surface area contributed by atoms with Crippen LogP contribution in [0.4, 0.5) is 0 Å². The molecule has 0 radical (unpaired) electrons. The average molecular weight is 292 g/mol. The van der Waals surface area contributed by atoms with Crippen LogP contribution in [0.15, 0.2) is 78.6 Å². The second-order valence-corrected chi connectivity index (χ2v) is 4.65. The van der Waals surface area contributed by atoms with Gasteiger partial charge in [0.25, 0.3) is 0 Å². The highest BCUT2D eigenvalue weighted by Gasteiger charge is 2.05. The standard InChI is InChI=1S/C19H16O3/c1-15(14-18(20)17-10-6-3-7-11-17)22-19(21)13-12-16-8-4-2-5-9-16/h2-14H,1H3/b13-12?,15-14+. The molecule has 0 fully saturated rings. The molecule has 0 aliphatic rings.